The molecule has 0 aliphatic heterocycles. The van der Waals surface area contributed by atoms with Crippen molar-refractivity contribution in [1.29, 1.82) is 0 Å². The highest BCUT2D eigenvalue weighted by atomic mass is 35.5. The molecule has 0 bridgehead atoms. The molecule has 3 rings (SSSR count). The van der Waals surface area contributed by atoms with Crippen LogP contribution in [-0.4, -0.2) is 25.3 Å². The standard InChI is InChI=1S/C24H22Cl2N2O4/c1-2-30-23-13-18(5-12-22(23)32-15-17-3-6-19(25)7-4-17)14-27-28-24(29)16-31-21-10-8-20(26)9-11-21/h3-14H,2,15-16H2,1H3,(H,28,29). The molecule has 0 saturated heterocycles. The molecule has 1 N–H and O–H groups in total. The highest BCUT2D eigenvalue weighted by Gasteiger charge is 2.07. The first-order chi connectivity index (χ1) is 15.5. The van der Waals surface area contributed by atoms with Crippen molar-refractivity contribution in [3.05, 3.63) is 87.9 Å². The Bertz CT molecular complexity index is 1050. The van der Waals surface area contributed by atoms with Crippen LogP contribution >= 0.6 is 23.2 Å². The van der Waals surface area contributed by atoms with Crippen molar-refractivity contribution in [3.63, 3.8) is 0 Å². The number of halogens is 2. The maximum atomic E-state index is 11.9. The van der Waals surface area contributed by atoms with E-state index in [1.165, 1.54) is 6.21 Å². The van der Waals surface area contributed by atoms with Gasteiger partial charge in [-0.15, -0.1) is 0 Å². The topological polar surface area (TPSA) is 69.2 Å². The van der Waals surface area contributed by atoms with Gasteiger partial charge in [0.05, 0.1) is 12.8 Å². The van der Waals surface area contributed by atoms with Crippen LogP contribution in [0.3, 0.4) is 0 Å². The maximum absolute atomic E-state index is 11.9. The molecule has 3 aromatic rings. The summed E-state index contributed by atoms with van der Waals surface area (Å²) in [6.07, 6.45) is 1.52. The Morgan fingerprint density at radius 3 is 2.28 bits per heavy atom. The summed E-state index contributed by atoms with van der Waals surface area (Å²) in [4.78, 5) is 11.9. The highest BCUT2D eigenvalue weighted by Crippen LogP contribution is 2.29. The van der Waals surface area contributed by atoms with Gasteiger partial charge in [0.25, 0.3) is 5.91 Å². The molecule has 0 aromatic heterocycles. The van der Waals surface area contributed by atoms with E-state index in [0.717, 1.165) is 11.1 Å². The van der Waals surface area contributed by atoms with Crippen LogP contribution in [0.25, 0.3) is 0 Å². The SMILES string of the molecule is CCOc1cc(C=NNC(=O)COc2ccc(Cl)cc2)ccc1OCc1ccc(Cl)cc1. The van der Waals surface area contributed by atoms with Gasteiger partial charge in [0.1, 0.15) is 12.4 Å². The summed E-state index contributed by atoms with van der Waals surface area (Å²) in [7, 11) is 0. The van der Waals surface area contributed by atoms with Crippen molar-refractivity contribution < 1.29 is 19.0 Å². The van der Waals surface area contributed by atoms with E-state index in [0.29, 0.717) is 40.5 Å². The Hall–Kier alpha value is -3.22. The van der Waals surface area contributed by atoms with E-state index in [2.05, 4.69) is 10.5 Å². The monoisotopic (exact) mass is 472 g/mol. The van der Waals surface area contributed by atoms with Gasteiger partial charge in [-0.05, 0) is 72.6 Å². The molecular formula is C24H22Cl2N2O4. The van der Waals surface area contributed by atoms with Crippen LogP contribution in [0.15, 0.2) is 71.8 Å². The second-order valence-electron chi connectivity index (χ2n) is 6.59. The van der Waals surface area contributed by atoms with Crippen molar-refractivity contribution in [3.8, 4) is 17.2 Å². The molecular weight excluding hydrogens is 451 g/mol. The lowest BCUT2D eigenvalue weighted by Gasteiger charge is -2.12. The quantitative estimate of drug-likeness (QED) is 0.312. The highest BCUT2D eigenvalue weighted by molar-refractivity contribution is 6.30. The summed E-state index contributed by atoms with van der Waals surface area (Å²) in [5.41, 5.74) is 4.16. The molecule has 0 aliphatic carbocycles. The molecule has 1 amide bonds. The summed E-state index contributed by atoms with van der Waals surface area (Å²) >= 11 is 11.7. The summed E-state index contributed by atoms with van der Waals surface area (Å²) < 4.78 is 16.9. The van der Waals surface area contributed by atoms with E-state index in [4.69, 9.17) is 37.4 Å². The summed E-state index contributed by atoms with van der Waals surface area (Å²) in [6, 6.07) is 19.6. The smallest absolute Gasteiger partial charge is 0.277 e. The zero-order valence-corrected chi connectivity index (χ0v) is 18.9. The molecule has 0 radical (unpaired) electrons. The third-order valence-electron chi connectivity index (χ3n) is 4.16. The first kappa shape index (κ1) is 23.4. The number of ether oxygens (including phenoxy) is 3. The Labute approximate surface area is 196 Å². The van der Waals surface area contributed by atoms with Crippen molar-refractivity contribution in [2.45, 2.75) is 13.5 Å². The number of nitrogens with one attached hydrogen (secondary N) is 1. The van der Waals surface area contributed by atoms with Crippen molar-refractivity contribution in [2.24, 2.45) is 5.10 Å². The van der Waals surface area contributed by atoms with E-state index in [-0.39, 0.29) is 12.5 Å². The minimum Gasteiger partial charge on any atom is -0.490 e. The number of benzene rings is 3. The van der Waals surface area contributed by atoms with Gasteiger partial charge in [0, 0.05) is 10.0 Å². The van der Waals surface area contributed by atoms with Gasteiger partial charge in [-0.2, -0.15) is 5.10 Å². The van der Waals surface area contributed by atoms with Crippen LogP contribution in [0.4, 0.5) is 0 Å². The molecule has 0 heterocycles. The lowest BCUT2D eigenvalue weighted by molar-refractivity contribution is -0.123. The first-order valence-corrected chi connectivity index (χ1v) is 10.6. The zero-order chi connectivity index (χ0) is 22.8. The Balaban J connectivity index is 1.54. The summed E-state index contributed by atoms with van der Waals surface area (Å²) in [6.45, 7) is 2.59. The van der Waals surface area contributed by atoms with Crippen LogP contribution < -0.4 is 19.6 Å². The maximum Gasteiger partial charge on any atom is 0.277 e. The fraction of sp³-hybridized carbons (Fsp3) is 0.167. The third-order valence-corrected chi connectivity index (χ3v) is 4.67. The van der Waals surface area contributed by atoms with E-state index < -0.39 is 0 Å². The molecule has 32 heavy (non-hydrogen) atoms. The average Bonchev–Trinajstić information content (AvgIpc) is 2.79. The summed E-state index contributed by atoms with van der Waals surface area (Å²) in [5, 5.41) is 5.24. The number of carbonyl (C=O) groups is 1. The molecule has 0 atom stereocenters. The van der Waals surface area contributed by atoms with Crippen LogP contribution in [0.1, 0.15) is 18.1 Å². The summed E-state index contributed by atoms with van der Waals surface area (Å²) in [5.74, 6) is 1.36. The minimum atomic E-state index is -0.385. The van der Waals surface area contributed by atoms with Gasteiger partial charge in [0.15, 0.2) is 18.1 Å². The lowest BCUT2D eigenvalue weighted by atomic mass is 10.2. The number of hydrogen-bond acceptors (Lipinski definition) is 5. The molecule has 0 saturated carbocycles. The molecule has 0 spiro atoms. The molecule has 0 aliphatic rings. The largest absolute Gasteiger partial charge is 0.490 e. The number of nitrogens with zero attached hydrogens (tertiary/aromatic N) is 1. The zero-order valence-electron chi connectivity index (χ0n) is 17.4. The Morgan fingerprint density at radius 1 is 0.906 bits per heavy atom. The fourth-order valence-corrected chi connectivity index (χ4v) is 2.88. The Kier molecular flexibility index (Phi) is 8.78. The van der Waals surface area contributed by atoms with E-state index >= 15 is 0 Å². The average molecular weight is 473 g/mol. The molecule has 8 heteroatoms. The predicted octanol–water partition coefficient (Wildman–Crippen LogP) is 5.50. The van der Waals surface area contributed by atoms with Crippen LogP contribution in [-0.2, 0) is 11.4 Å². The second-order valence-corrected chi connectivity index (χ2v) is 7.46. The number of rotatable bonds is 10. The van der Waals surface area contributed by atoms with Crippen LogP contribution in [0.5, 0.6) is 17.2 Å². The predicted molar refractivity (Wildman–Crippen MR) is 126 cm³/mol. The van der Waals surface area contributed by atoms with Crippen molar-refractivity contribution in [2.75, 3.05) is 13.2 Å². The van der Waals surface area contributed by atoms with Gasteiger partial charge in [-0.1, -0.05) is 35.3 Å². The van der Waals surface area contributed by atoms with Gasteiger partial charge in [0.2, 0.25) is 0 Å². The van der Waals surface area contributed by atoms with E-state index in [1.807, 2.05) is 37.3 Å². The Morgan fingerprint density at radius 2 is 1.59 bits per heavy atom. The van der Waals surface area contributed by atoms with Gasteiger partial charge in [-0.25, -0.2) is 5.43 Å². The second kappa shape index (κ2) is 12.0. The van der Waals surface area contributed by atoms with E-state index in [1.54, 1.807) is 36.4 Å². The fourth-order valence-electron chi connectivity index (χ4n) is 2.63. The number of hydrazone groups is 1. The number of hydrogen-bond donors (Lipinski definition) is 1. The molecule has 0 unspecified atom stereocenters. The van der Waals surface area contributed by atoms with Crippen LogP contribution in [0.2, 0.25) is 10.0 Å². The molecule has 3 aromatic carbocycles. The number of carbonyl (C=O) groups excluding carboxylic acids is 1. The minimum absolute atomic E-state index is 0.166. The van der Waals surface area contributed by atoms with Gasteiger partial charge >= 0.3 is 0 Å². The van der Waals surface area contributed by atoms with Gasteiger partial charge < -0.3 is 14.2 Å². The molecule has 166 valence electrons. The van der Waals surface area contributed by atoms with Crippen molar-refractivity contribution in [1.82, 2.24) is 5.43 Å². The van der Waals surface area contributed by atoms with Crippen LogP contribution in [0, 0.1) is 0 Å². The third kappa shape index (κ3) is 7.48. The van der Waals surface area contributed by atoms with Gasteiger partial charge in [-0.3, -0.25) is 4.79 Å². The first-order valence-electron chi connectivity index (χ1n) is 9.88. The van der Waals surface area contributed by atoms with E-state index in [9.17, 15) is 4.79 Å². The lowest BCUT2D eigenvalue weighted by Crippen LogP contribution is -2.24. The van der Waals surface area contributed by atoms with Crippen molar-refractivity contribution >= 4 is 35.3 Å². The molecule has 0 fully saturated rings. The molecule has 6 nitrogen and oxygen atoms in total. The normalized spacial score (nSPS) is 10.7. The number of amides is 1.